The molecule has 0 aromatic rings. The van der Waals surface area contributed by atoms with Crippen molar-refractivity contribution in [2.45, 2.75) is 58.1 Å². The highest BCUT2D eigenvalue weighted by Gasteiger charge is 2.04. The minimum atomic E-state index is 0.526. The zero-order valence-corrected chi connectivity index (χ0v) is 10.9. The lowest BCUT2D eigenvalue weighted by molar-refractivity contribution is 0.656. The lowest BCUT2D eigenvalue weighted by atomic mass is 10.1. The van der Waals surface area contributed by atoms with Gasteiger partial charge in [0.2, 0.25) is 0 Å². The molecule has 1 atom stereocenters. The molecule has 0 aromatic carbocycles. The van der Waals surface area contributed by atoms with E-state index in [1.54, 1.807) is 0 Å². The smallest absolute Gasteiger partial charge is 0.0146 e. The number of rotatable bonds is 6. The normalized spacial score (nSPS) is 12.4. The van der Waals surface area contributed by atoms with Crippen LogP contribution in [0.5, 0.6) is 0 Å². The second-order valence-corrected chi connectivity index (χ2v) is 5.15. The summed E-state index contributed by atoms with van der Waals surface area (Å²) in [6.07, 6.45) is 8.60. The first kappa shape index (κ1) is 13.9. The summed E-state index contributed by atoms with van der Waals surface area (Å²) in [6, 6.07) is 0. The average molecular weight is 212 g/mol. The van der Waals surface area contributed by atoms with Gasteiger partial charge in [-0.2, -0.15) is 11.8 Å². The first-order valence-corrected chi connectivity index (χ1v) is 7.00. The number of thioether (sulfide) groups is 1. The lowest BCUT2D eigenvalue weighted by Crippen LogP contribution is -2.01. The number of hydrogen-bond acceptors (Lipinski definition) is 1. The predicted molar refractivity (Wildman–Crippen MR) is 68.7 cm³/mol. The van der Waals surface area contributed by atoms with Crippen LogP contribution in [0, 0.1) is 17.8 Å². The summed E-state index contributed by atoms with van der Waals surface area (Å²) in [4.78, 5) is 0. The van der Waals surface area contributed by atoms with Crippen LogP contribution in [0.2, 0.25) is 0 Å². The fourth-order valence-corrected chi connectivity index (χ4v) is 2.08. The fraction of sp³-hybridized carbons (Fsp3) is 0.846. The van der Waals surface area contributed by atoms with E-state index in [0.29, 0.717) is 5.92 Å². The standard InChI is InChI=1S/C13H24S/c1-5-6-10-13(14-4)11-8-7-9-12(2)3/h12-13H,5-6,8,10-11H2,1-4H3. The quantitative estimate of drug-likeness (QED) is 0.590. The minimum absolute atomic E-state index is 0.526. The molecular formula is C13H24S. The van der Waals surface area contributed by atoms with Crippen LogP contribution in [-0.2, 0) is 0 Å². The van der Waals surface area contributed by atoms with Crippen LogP contribution >= 0.6 is 11.8 Å². The van der Waals surface area contributed by atoms with Crippen molar-refractivity contribution in [3.63, 3.8) is 0 Å². The molecule has 0 spiro atoms. The molecule has 0 nitrogen and oxygen atoms in total. The molecule has 0 aliphatic rings. The Bertz CT molecular complexity index is 173. The monoisotopic (exact) mass is 212 g/mol. The maximum Gasteiger partial charge on any atom is 0.0146 e. The zero-order chi connectivity index (χ0) is 10.8. The van der Waals surface area contributed by atoms with Crippen molar-refractivity contribution in [3.05, 3.63) is 0 Å². The van der Waals surface area contributed by atoms with Crippen molar-refractivity contribution in [2.24, 2.45) is 5.92 Å². The van der Waals surface area contributed by atoms with Crippen LogP contribution < -0.4 is 0 Å². The molecule has 0 saturated carbocycles. The minimum Gasteiger partial charge on any atom is -0.162 e. The highest BCUT2D eigenvalue weighted by atomic mass is 32.2. The Morgan fingerprint density at radius 1 is 1.21 bits per heavy atom. The van der Waals surface area contributed by atoms with Gasteiger partial charge in [-0.15, -0.1) is 11.8 Å². The fourth-order valence-electron chi connectivity index (χ4n) is 1.32. The molecule has 1 unspecified atom stereocenters. The Hall–Kier alpha value is -0.0900. The van der Waals surface area contributed by atoms with Crippen LogP contribution in [0.25, 0.3) is 0 Å². The summed E-state index contributed by atoms with van der Waals surface area (Å²) in [7, 11) is 0. The molecule has 0 N–H and O–H groups in total. The van der Waals surface area contributed by atoms with E-state index in [2.05, 4.69) is 38.9 Å². The van der Waals surface area contributed by atoms with Crippen LogP contribution in [0.15, 0.2) is 0 Å². The predicted octanol–water partition coefficient (Wildman–Crippen LogP) is 4.35. The van der Waals surface area contributed by atoms with E-state index in [9.17, 15) is 0 Å². The molecule has 0 rings (SSSR count). The molecule has 0 saturated heterocycles. The first-order valence-electron chi connectivity index (χ1n) is 5.71. The first-order chi connectivity index (χ1) is 6.70. The van der Waals surface area contributed by atoms with Gasteiger partial charge >= 0.3 is 0 Å². The van der Waals surface area contributed by atoms with E-state index in [1.807, 2.05) is 11.8 Å². The third-order valence-electron chi connectivity index (χ3n) is 2.20. The van der Waals surface area contributed by atoms with E-state index >= 15 is 0 Å². The SMILES string of the molecule is CCCCC(CCC#CC(C)C)SC. The topological polar surface area (TPSA) is 0 Å². The summed E-state index contributed by atoms with van der Waals surface area (Å²) in [5.41, 5.74) is 0. The molecule has 0 fully saturated rings. The molecular weight excluding hydrogens is 188 g/mol. The molecule has 0 aromatic heterocycles. The Kier molecular flexibility index (Phi) is 9.40. The highest BCUT2D eigenvalue weighted by molar-refractivity contribution is 7.99. The van der Waals surface area contributed by atoms with Crippen molar-refractivity contribution < 1.29 is 0 Å². The molecule has 0 amide bonds. The largest absolute Gasteiger partial charge is 0.162 e. The molecule has 0 radical (unpaired) electrons. The third-order valence-corrected chi connectivity index (χ3v) is 3.33. The van der Waals surface area contributed by atoms with Gasteiger partial charge in [0.1, 0.15) is 0 Å². The second kappa shape index (κ2) is 9.46. The van der Waals surface area contributed by atoms with Gasteiger partial charge in [-0.05, 0) is 19.1 Å². The van der Waals surface area contributed by atoms with Crippen molar-refractivity contribution in [1.82, 2.24) is 0 Å². The van der Waals surface area contributed by atoms with Crippen LogP contribution in [0.1, 0.15) is 52.9 Å². The van der Waals surface area contributed by atoms with Crippen molar-refractivity contribution in [3.8, 4) is 11.8 Å². The third kappa shape index (κ3) is 8.51. The van der Waals surface area contributed by atoms with Gasteiger partial charge in [0.25, 0.3) is 0 Å². The summed E-state index contributed by atoms with van der Waals surface area (Å²) in [5.74, 6) is 7.01. The molecule has 1 heteroatoms. The van der Waals surface area contributed by atoms with Crippen LogP contribution in [-0.4, -0.2) is 11.5 Å². The molecule has 14 heavy (non-hydrogen) atoms. The van der Waals surface area contributed by atoms with Gasteiger partial charge in [0.05, 0.1) is 0 Å². The van der Waals surface area contributed by atoms with E-state index in [1.165, 1.54) is 25.7 Å². The molecule has 82 valence electrons. The van der Waals surface area contributed by atoms with E-state index < -0.39 is 0 Å². The van der Waals surface area contributed by atoms with E-state index in [4.69, 9.17) is 0 Å². The van der Waals surface area contributed by atoms with Crippen molar-refractivity contribution in [2.75, 3.05) is 6.26 Å². The Labute approximate surface area is 94.2 Å². The van der Waals surface area contributed by atoms with Crippen molar-refractivity contribution in [1.29, 1.82) is 0 Å². The zero-order valence-electron chi connectivity index (χ0n) is 10.1. The molecule has 0 heterocycles. The van der Waals surface area contributed by atoms with Crippen molar-refractivity contribution >= 4 is 11.8 Å². The van der Waals surface area contributed by atoms with Crippen LogP contribution in [0.3, 0.4) is 0 Å². The van der Waals surface area contributed by atoms with Crippen LogP contribution in [0.4, 0.5) is 0 Å². The summed E-state index contributed by atoms with van der Waals surface area (Å²) >= 11 is 2.00. The van der Waals surface area contributed by atoms with Gasteiger partial charge in [0.15, 0.2) is 0 Å². The Balaban J connectivity index is 3.58. The van der Waals surface area contributed by atoms with Gasteiger partial charge in [-0.25, -0.2) is 0 Å². The summed E-state index contributed by atoms with van der Waals surface area (Å²) in [5, 5.41) is 0.830. The highest BCUT2D eigenvalue weighted by Crippen LogP contribution is 2.19. The summed E-state index contributed by atoms with van der Waals surface area (Å²) in [6.45, 7) is 6.56. The summed E-state index contributed by atoms with van der Waals surface area (Å²) < 4.78 is 0. The second-order valence-electron chi connectivity index (χ2n) is 4.01. The van der Waals surface area contributed by atoms with Gasteiger partial charge in [-0.3, -0.25) is 0 Å². The lowest BCUT2D eigenvalue weighted by Gasteiger charge is -2.11. The average Bonchev–Trinajstić information content (AvgIpc) is 2.16. The Morgan fingerprint density at radius 2 is 1.93 bits per heavy atom. The van der Waals surface area contributed by atoms with E-state index in [-0.39, 0.29) is 0 Å². The number of unbranched alkanes of at least 4 members (excludes halogenated alkanes) is 1. The molecule has 0 bridgehead atoms. The van der Waals surface area contributed by atoms with Gasteiger partial charge in [0, 0.05) is 17.6 Å². The maximum atomic E-state index is 3.26. The molecule has 0 aliphatic carbocycles. The maximum absolute atomic E-state index is 3.26. The number of hydrogen-bond donors (Lipinski definition) is 0. The Morgan fingerprint density at radius 3 is 2.43 bits per heavy atom. The molecule has 0 aliphatic heterocycles. The van der Waals surface area contributed by atoms with Gasteiger partial charge in [-0.1, -0.05) is 33.6 Å². The van der Waals surface area contributed by atoms with E-state index in [0.717, 1.165) is 11.7 Å². The van der Waals surface area contributed by atoms with Gasteiger partial charge < -0.3 is 0 Å².